The summed E-state index contributed by atoms with van der Waals surface area (Å²) in [5.41, 5.74) is 6.13. The number of nitrogens with two attached hydrogens (primary N) is 1. The summed E-state index contributed by atoms with van der Waals surface area (Å²) in [7, 11) is 0. The number of hydrogen-bond donors (Lipinski definition) is 1. The molecule has 0 spiro atoms. The van der Waals surface area contributed by atoms with Gasteiger partial charge in [0.1, 0.15) is 24.0 Å². The van der Waals surface area contributed by atoms with E-state index in [1.165, 1.54) is 18.2 Å². The fourth-order valence-corrected chi connectivity index (χ4v) is 2.07. The van der Waals surface area contributed by atoms with Gasteiger partial charge in [-0.1, -0.05) is 17.7 Å². The predicted molar refractivity (Wildman–Crippen MR) is 74.3 cm³/mol. The van der Waals surface area contributed by atoms with Crippen molar-refractivity contribution in [3.63, 3.8) is 0 Å². The lowest BCUT2D eigenvalue weighted by atomic mass is 10.2. The van der Waals surface area contributed by atoms with Crippen molar-refractivity contribution in [2.75, 3.05) is 5.73 Å². The van der Waals surface area contributed by atoms with E-state index in [2.05, 4.69) is 15.9 Å². The van der Waals surface area contributed by atoms with Gasteiger partial charge < -0.3 is 10.5 Å². The molecule has 0 unspecified atom stereocenters. The van der Waals surface area contributed by atoms with Crippen molar-refractivity contribution in [2.45, 2.75) is 6.61 Å². The molecule has 100 valence electrons. The molecule has 0 bridgehead atoms. The summed E-state index contributed by atoms with van der Waals surface area (Å²) < 4.78 is 32.4. The quantitative estimate of drug-likeness (QED) is 0.826. The molecule has 2 aromatic carbocycles. The first kappa shape index (κ1) is 14.1. The van der Waals surface area contributed by atoms with Crippen molar-refractivity contribution >= 4 is 33.2 Å². The van der Waals surface area contributed by atoms with Crippen molar-refractivity contribution in [1.82, 2.24) is 0 Å². The Bertz CT molecular complexity index is 602. The monoisotopic (exact) mass is 347 g/mol. The Morgan fingerprint density at radius 1 is 1.21 bits per heavy atom. The topological polar surface area (TPSA) is 35.2 Å². The van der Waals surface area contributed by atoms with Gasteiger partial charge in [0.25, 0.3) is 0 Å². The molecule has 0 atom stereocenters. The fraction of sp³-hybridized carbons (Fsp3) is 0.0769. The number of benzene rings is 2. The second-order valence-electron chi connectivity index (χ2n) is 3.79. The lowest BCUT2D eigenvalue weighted by Gasteiger charge is -2.11. The number of anilines is 1. The average molecular weight is 349 g/mol. The van der Waals surface area contributed by atoms with Gasteiger partial charge in [-0.3, -0.25) is 0 Å². The van der Waals surface area contributed by atoms with Gasteiger partial charge in [-0.05, 0) is 34.1 Å². The summed E-state index contributed by atoms with van der Waals surface area (Å²) >= 11 is 8.87. The molecular weight excluding hydrogens is 340 g/mol. The van der Waals surface area contributed by atoms with E-state index in [9.17, 15) is 8.78 Å². The highest BCUT2D eigenvalue weighted by Crippen LogP contribution is 2.30. The Morgan fingerprint density at radius 2 is 1.95 bits per heavy atom. The Morgan fingerprint density at radius 3 is 2.63 bits per heavy atom. The van der Waals surface area contributed by atoms with Crippen molar-refractivity contribution in [3.05, 3.63) is 57.0 Å². The first-order valence-corrected chi connectivity index (χ1v) is 6.46. The van der Waals surface area contributed by atoms with Crippen molar-refractivity contribution in [3.8, 4) is 5.75 Å². The molecule has 0 fully saturated rings. The molecular formula is C13H9BrClF2NO. The first-order valence-electron chi connectivity index (χ1n) is 5.29. The highest BCUT2D eigenvalue weighted by atomic mass is 79.9. The van der Waals surface area contributed by atoms with Crippen molar-refractivity contribution in [1.29, 1.82) is 0 Å². The molecule has 0 radical (unpaired) electrons. The van der Waals surface area contributed by atoms with Crippen LogP contribution in [0, 0.1) is 11.6 Å². The lowest BCUT2D eigenvalue weighted by molar-refractivity contribution is 0.300. The lowest BCUT2D eigenvalue weighted by Crippen LogP contribution is -2.02. The Hall–Kier alpha value is -1.33. The molecule has 2 rings (SSSR count). The van der Waals surface area contributed by atoms with Crippen LogP contribution in [0.15, 0.2) is 34.8 Å². The van der Waals surface area contributed by atoms with E-state index in [4.69, 9.17) is 22.1 Å². The van der Waals surface area contributed by atoms with Crippen LogP contribution < -0.4 is 10.5 Å². The summed E-state index contributed by atoms with van der Waals surface area (Å²) in [6.07, 6.45) is 0. The highest BCUT2D eigenvalue weighted by Gasteiger charge is 2.11. The zero-order chi connectivity index (χ0) is 14.0. The third-order valence-corrected chi connectivity index (χ3v) is 3.45. The summed E-state index contributed by atoms with van der Waals surface area (Å²) in [4.78, 5) is 0. The number of halogens is 4. The number of ether oxygens (including phenoxy) is 1. The normalized spacial score (nSPS) is 10.5. The number of hydrogen-bond acceptors (Lipinski definition) is 2. The smallest absolute Gasteiger partial charge is 0.145 e. The third-order valence-electron chi connectivity index (χ3n) is 2.49. The molecule has 0 saturated carbocycles. The van der Waals surface area contributed by atoms with E-state index < -0.39 is 11.6 Å². The van der Waals surface area contributed by atoms with Gasteiger partial charge in [0.2, 0.25) is 0 Å². The number of nitrogen functional groups attached to an aromatic ring is 1. The first-order chi connectivity index (χ1) is 8.99. The molecule has 0 aliphatic heterocycles. The van der Waals surface area contributed by atoms with E-state index >= 15 is 0 Å². The van der Waals surface area contributed by atoms with Crippen molar-refractivity contribution < 1.29 is 13.5 Å². The second-order valence-corrected chi connectivity index (χ2v) is 5.05. The molecule has 0 aromatic heterocycles. The van der Waals surface area contributed by atoms with Crippen LogP contribution in [0.3, 0.4) is 0 Å². The van der Waals surface area contributed by atoms with Gasteiger partial charge in [-0.25, -0.2) is 8.78 Å². The van der Waals surface area contributed by atoms with Crippen LogP contribution in [0.25, 0.3) is 0 Å². The zero-order valence-corrected chi connectivity index (χ0v) is 11.9. The molecule has 2 N–H and O–H groups in total. The highest BCUT2D eigenvalue weighted by molar-refractivity contribution is 9.10. The van der Waals surface area contributed by atoms with Crippen LogP contribution in [-0.4, -0.2) is 0 Å². The molecule has 0 amide bonds. The van der Waals surface area contributed by atoms with Gasteiger partial charge >= 0.3 is 0 Å². The van der Waals surface area contributed by atoms with Gasteiger partial charge in [0.05, 0.1) is 15.2 Å². The molecule has 19 heavy (non-hydrogen) atoms. The van der Waals surface area contributed by atoms with Gasteiger partial charge in [0, 0.05) is 11.6 Å². The average Bonchev–Trinajstić information content (AvgIpc) is 2.34. The van der Waals surface area contributed by atoms with E-state index in [1.54, 1.807) is 6.07 Å². The maximum Gasteiger partial charge on any atom is 0.145 e. The zero-order valence-electron chi connectivity index (χ0n) is 9.59. The second kappa shape index (κ2) is 5.75. The Kier molecular flexibility index (Phi) is 4.27. The minimum atomic E-state index is -0.510. The molecule has 2 nitrogen and oxygen atoms in total. The SMILES string of the molecule is Nc1cc(Br)c(F)cc1OCc1c(F)cccc1Cl. The minimum absolute atomic E-state index is 0.128. The maximum absolute atomic E-state index is 13.5. The summed E-state index contributed by atoms with van der Waals surface area (Å²) in [6.45, 7) is -0.128. The molecule has 2 aromatic rings. The van der Waals surface area contributed by atoms with Gasteiger partial charge in [-0.2, -0.15) is 0 Å². The molecule has 0 aliphatic rings. The van der Waals surface area contributed by atoms with E-state index in [0.717, 1.165) is 6.07 Å². The van der Waals surface area contributed by atoms with E-state index in [0.29, 0.717) is 0 Å². The van der Waals surface area contributed by atoms with Crippen LogP contribution in [-0.2, 0) is 6.61 Å². The summed E-state index contributed by atoms with van der Waals surface area (Å²) in [6, 6.07) is 6.83. The van der Waals surface area contributed by atoms with E-state index in [-0.39, 0.29) is 33.1 Å². The fourth-order valence-electron chi connectivity index (χ4n) is 1.49. The predicted octanol–water partition coefficient (Wildman–Crippen LogP) is 4.54. The Balaban J connectivity index is 2.22. The molecule has 0 saturated heterocycles. The third kappa shape index (κ3) is 3.16. The standard InChI is InChI=1S/C13H9BrClF2NO/c14-8-4-12(18)13(5-11(8)17)19-6-7-9(15)2-1-3-10(7)16/h1-5H,6,18H2. The van der Waals surface area contributed by atoms with E-state index in [1.807, 2.05) is 0 Å². The van der Waals surface area contributed by atoms with Crippen LogP contribution >= 0.6 is 27.5 Å². The van der Waals surface area contributed by atoms with Gasteiger partial charge in [-0.15, -0.1) is 0 Å². The molecule has 0 aliphatic carbocycles. The van der Waals surface area contributed by atoms with Crippen LogP contribution in [0.4, 0.5) is 14.5 Å². The molecule has 0 heterocycles. The summed E-state index contributed by atoms with van der Waals surface area (Å²) in [5.74, 6) is -0.854. The van der Waals surface area contributed by atoms with Crippen LogP contribution in [0.5, 0.6) is 5.75 Å². The van der Waals surface area contributed by atoms with Crippen LogP contribution in [0.2, 0.25) is 5.02 Å². The van der Waals surface area contributed by atoms with Crippen molar-refractivity contribution in [2.24, 2.45) is 0 Å². The van der Waals surface area contributed by atoms with Gasteiger partial charge in [0.15, 0.2) is 0 Å². The Labute approximate surface area is 122 Å². The molecule has 6 heteroatoms. The maximum atomic E-state index is 13.5. The minimum Gasteiger partial charge on any atom is -0.486 e. The van der Waals surface area contributed by atoms with Crippen LogP contribution in [0.1, 0.15) is 5.56 Å². The summed E-state index contributed by atoms with van der Waals surface area (Å²) in [5, 5.41) is 0.246. The largest absolute Gasteiger partial charge is 0.486 e. The number of rotatable bonds is 3.